The molecule has 0 aromatic heterocycles. The number of aliphatic hydroxyl groups is 1. The quantitative estimate of drug-likeness (QED) is 0.598. The number of hydrogen-bond donors (Lipinski definition) is 1. The maximum absolute atomic E-state index is 9.38. The van der Waals surface area contributed by atoms with Crippen molar-refractivity contribution in [2.75, 3.05) is 7.05 Å². The van der Waals surface area contributed by atoms with Gasteiger partial charge in [-0.05, 0) is 32.7 Å². The minimum absolute atomic E-state index is 0. The van der Waals surface area contributed by atoms with Crippen LogP contribution in [0.15, 0.2) is 0 Å². The Kier molecular flexibility index (Phi) is 2.79. The molecule has 0 aromatic carbocycles. The Morgan fingerprint density at radius 1 is 1.18 bits per heavy atom. The molecule has 11 heavy (non-hydrogen) atoms. The molecular formula is C8H16ClNO. The van der Waals surface area contributed by atoms with Gasteiger partial charge in [0.15, 0.2) is 0 Å². The van der Waals surface area contributed by atoms with Crippen molar-refractivity contribution in [1.29, 1.82) is 0 Å². The molecule has 1 N–H and O–H groups in total. The van der Waals surface area contributed by atoms with E-state index in [1.165, 1.54) is 12.8 Å². The third-order valence-corrected chi connectivity index (χ3v) is 3.07. The van der Waals surface area contributed by atoms with Crippen LogP contribution in [0.2, 0.25) is 0 Å². The highest BCUT2D eigenvalue weighted by Gasteiger charge is 2.37. The van der Waals surface area contributed by atoms with Gasteiger partial charge in [0.25, 0.3) is 0 Å². The van der Waals surface area contributed by atoms with Gasteiger partial charge in [0, 0.05) is 12.1 Å². The zero-order chi connectivity index (χ0) is 7.14. The first-order chi connectivity index (χ1) is 4.77. The summed E-state index contributed by atoms with van der Waals surface area (Å²) in [7, 11) is 2.19. The molecule has 2 aliphatic rings. The van der Waals surface area contributed by atoms with E-state index in [-0.39, 0.29) is 18.5 Å². The average Bonchev–Trinajstić information content (AvgIpc) is 2.20. The van der Waals surface area contributed by atoms with Crippen LogP contribution in [0.25, 0.3) is 0 Å². The van der Waals surface area contributed by atoms with Crippen LogP contribution < -0.4 is 0 Å². The first-order valence-electron chi connectivity index (χ1n) is 4.17. The van der Waals surface area contributed by atoms with Crippen LogP contribution in [0.4, 0.5) is 0 Å². The number of nitrogens with zero attached hydrogens (tertiary/aromatic N) is 1. The molecule has 2 heterocycles. The zero-order valence-electron chi connectivity index (χ0n) is 6.86. The number of piperidine rings is 1. The monoisotopic (exact) mass is 177 g/mol. The third-order valence-electron chi connectivity index (χ3n) is 3.07. The topological polar surface area (TPSA) is 23.5 Å². The van der Waals surface area contributed by atoms with Crippen LogP contribution in [0.3, 0.4) is 0 Å². The fraction of sp³-hybridized carbons (Fsp3) is 1.00. The van der Waals surface area contributed by atoms with Crippen LogP contribution in [-0.2, 0) is 0 Å². The Morgan fingerprint density at radius 3 is 2.09 bits per heavy atom. The summed E-state index contributed by atoms with van der Waals surface area (Å²) in [5.41, 5.74) is 0. The van der Waals surface area contributed by atoms with Crippen molar-refractivity contribution in [2.24, 2.45) is 0 Å². The molecule has 0 spiro atoms. The van der Waals surface area contributed by atoms with Crippen LogP contribution in [0.1, 0.15) is 25.7 Å². The maximum atomic E-state index is 9.38. The molecule has 2 nitrogen and oxygen atoms in total. The molecule has 3 heteroatoms. The number of hydrogen-bond acceptors (Lipinski definition) is 2. The minimum Gasteiger partial charge on any atom is -0.393 e. The van der Waals surface area contributed by atoms with E-state index in [1.807, 2.05) is 0 Å². The number of aliphatic hydroxyl groups excluding tert-OH is 1. The van der Waals surface area contributed by atoms with E-state index < -0.39 is 0 Å². The number of halogens is 1. The Morgan fingerprint density at radius 2 is 1.64 bits per heavy atom. The molecule has 0 aromatic rings. The molecule has 2 aliphatic heterocycles. The first kappa shape index (κ1) is 9.30. The summed E-state index contributed by atoms with van der Waals surface area (Å²) >= 11 is 0. The fourth-order valence-corrected chi connectivity index (χ4v) is 2.38. The molecular weight excluding hydrogens is 162 g/mol. The molecule has 3 atom stereocenters. The molecule has 2 fully saturated rings. The summed E-state index contributed by atoms with van der Waals surface area (Å²) in [5, 5.41) is 9.38. The van der Waals surface area contributed by atoms with Crippen molar-refractivity contribution in [2.45, 2.75) is 43.9 Å². The van der Waals surface area contributed by atoms with E-state index in [1.54, 1.807) is 0 Å². The fourth-order valence-electron chi connectivity index (χ4n) is 2.38. The summed E-state index contributed by atoms with van der Waals surface area (Å²) in [5.74, 6) is 0. The van der Waals surface area contributed by atoms with Gasteiger partial charge in [-0.15, -0.1) is 12.4 Å². The Hall–Kier alpha value is 0.210. The van der Waals surface area contributed by atoms with E-state index in [0.29, 0.717) is 12.1 Å². The molecule has 0 saturated carbocycles. The van der Waals surface area contributed by atoms with E-state index in [2.05, 4.69) is 11.9 Å². The van der Waals surface area contributed by atoms with Gasteiger partial charge < -0.3 is 10.0 Å². The lowest BCUT2D eigenvalue weighted by atomic mass is 10.0. The molecule has 2 bridgehead atoms. The summed E-state index contributed by atoms with van der Waals surface area (Å²) in [6.07, 6.45) is 4.62. The molecule has 0 amide bonds. The summed E-state index contributed by atoms with van der Waals surface area (Å²) < 4.78 is 0. The summed E-state index contributed by atoms with van der Waals surface area (Å²) in [6, 6.07) is 1.38. The predicted octanol–water partition coefficient (Wildman–Crippen LogP) is 1.03. The number of fused-ring (bicyclic) bond motifs is 2. The molecule has 2 rings (SSSR count). The molecule has 0 unspecified atom stereocenters. The van der Waals surface area contributed by atoms with Crippen molar-refractivity contribution < 1.29 is 5.11 Å². The Bertz CT molecular complexity index is 128. The van der Waals surface area contributed by atoms with Gasteiger partial charge in [-0.1, -0.05) is 0 Å². The van der Waals surface area contributed by atoms with Crippen molar-refractivity contribution in [1.82, 2.24) is 4.90 Å². The molecule has 66 valence electrons. The largest absolute Gasteiger partial charge is 0.393 e. The molecule has 0 aliphatic carbocycles. The van der Waals surface area contributed by atoms with Crippen LogP contribution in [0, 0.1) is 0 Å². The predicted molar refractivity (Wildman–Crippen MR) is 47.1 cm³/mol. The van der Waals surface area contributed by atoms with Gasteiger partial charge in [-0.25, -0.2) is 0 Å². The second kappa shape index (κ2) is 3.30. The van der Waals surface area contributed by atoms with E-state index in [9.17, 15) is 5.11 Å². The van der Waals surface area contributed by atoms with Crippen LogP contribution >= 0.6 is 12.4 Å². The van der Waals surface area contributed by atoms with Crippen molar-refractivity contribution >= 4 is 12.4 Å². The number of rotatable bonds is 0. The summed E-state index contributed by atoms with van der Waals surface area (Å²) in [4.78, 5) is 2.44. The second-order valence-electron chi connectivity index (χ2n) is 3.68. The second-order valence-corrected chi connectivity index (χ2v) is 3.68. The van der Waals surface area contributed by atoms with Crippen LogP contribution in [-0.4, -0.2) is 35.2 Å². The van der Waals surface area contributed by atoms with Gasteiger partial charge in [-0.3, -0.25) is 0 Å². The Balaban J connectivity index is 0.000000605. The molecule has 0 radical (unpaired) electrons. The van der Waals surface area contributed by atoms with Crippen molar-refractivity contribution in [3.63, 3.8) is 0 Å². The lowest BCUT2D eigenvalue weighted by molar-refractivity contribution is 0.0503. The van der Waals surface area contributed by atoms with Gasteiger partial charge in [-0.2, -0.15) is 0 Å². The first-order valence-corrected chi connectivity index (χ1v) is 4.17. The lowest BCUT2D eigenvalue weighted by Crippen LogP contribution is -2.41. The highest BCUT2D eigenvalue weighted by Crippen LogP contribution is 2.33. The van der Waals surface area contributed by atoms with Gasteiger partial charge in [0.1, 0.15) is 0 Å². The average molecular weight is 178 g/mol. The minimum atomic E-state index is -0.00583. The SMILES string of the molecule is CN1[C@@H]2CC[C@H]1C[C@@H](O)C2.Cl. The third kappa shape index (κ3) is 1.53. The standard InChI is InChI=1S/C8H15NO.ClH/c1-9-6-2-3-7(9)5-8(10)4-6;/h6-8,10H,2-5H2,1H3;1H/t6-,7+,8+;. The lowest BCUT2D eigenvalue weighted by Gasteiger charge is -2.33. The highest BCUT2D eigenvalue weighted by molar-refractivity contribution is 5.85. The normalized spacial score (nSPS) is 43.6. The molecule has 2 saturated heterocycles. The summed E-state index contributed by atoms with van der Waals surface area (Å²) in [6.45, 7) is 0. The van der Waals surface area contributed by atoms with Crippen molar-refractivity contribution in [3.8, 4) is 0 Å². The highest BCUT2D eigenvalue weighted by atomic mass is 35.5. The van der Waals surface area contributed by atoms with Gasteiger partial charge in [0.2, 0.25) is 0 Å². The van der Waals surface area contributed by atoms with E-state index in [0.717, 1.165) is 12.8 Å². The van der Waals surface area contributed by atoms with E-state index in [4.69, 9.17) is 0 Å². The maximum Gasteiger partial charge on any atom is 0.0570 e. The van der Waals surface area contributed by atoms with Gasteiger partial charge >= 0.3 is 0 Å². The van der Waals surface area contributed by atoms with Gasteiger partial charge in [0.05, 0.1) is 6.10 Å². The zero-order valence-corrected chi connectivity index (χ0v) is 7.68. The van der Waals surface area contributed by atoms with Crippen LogP contribution in [0.5, 0.6) is 0 Å². The van der Waals surface area contributed by atoms with E-state index >= 15 is 0 Å². The Labute approximate surface area is 74.0 Å². The smallest absolute Gasteiger partial charge is 0.0570 e. The van der Waals surface area contributed by atoms with Crippen molar-refractivity contribution in [3.05, 3.63) is 0 Å².